The summed E-state index contributed by atoms with van der Waals surface area (Å²) in [7, 11) is 1.54. The number of ether oxygens (including phenoxy) is 1. The molecule has 1 atom stereocenters. The molecule has 0 saturated heterocycles. The van der Waals surface area contributed by atoms with Gasteiger partial charge in [0.15, 0.2) is 11.6 Å². The van der Waals surface area contributed by atoms with E-state index in [1.807, 2.05) is 0 Å². The van der Waals surface area contributed by atoms with Gasteiger partial charge in [0.1, 0.15) is 5.75 Å². The van der Waals surface area contributed by atoms with Crippen LogP contribution in [0.4, 0.5) is 8.78 Å². The van der Waals surface area contributed by atoms with Gasteiger partial charge < -0.3 is 9.84 Å². The van der Waals surface area contributed by atoms with Gasteiger partial charge in [0, 0.05) is 17.0 Å². The highest BCUT2D eigenvalue weighted by Crippen LogP contribution is 2.28. The molecule has 2 aromatic rings. The van der Waals surface area contributed by atoms with E-state index in [1.54, 1.807) is 31.4 Å². The summed E-state index contributed by atoms with van der Waals surface area (Å²) in [4.78, 5) is 0. The Morgan fingerprint density at radius 2 is 1.90 bits per heavy atom. The highest BCUT2D eigenvalue weighted by molar-refractivity contribution is 6.31. The molecule has 106 valence electrons. The van der Waals surface area contributed by atoms with Gasteiger partial charge in [0.05, 0.1) is 13.2 Å². The number of hydrogen-bond donors (Lipinski definition) is 1. The van der Waals surface area contributed by atoms with Crippen molar-refractivity contribution in [2.45, 2.75) is 12.5 Å². The highest BCUT2D eigenvalue weighted by atomic mass is 35.5. The van der Waals surface area contributed by atoms with E-state index in [1.165, 1.54) is 0 Å². The molecule has 0 heterocycles. The Kier molecular flexibility index (Phi) is 4.57. The van der Waals surface area contributed by atoms with Gasteiger partial charge in [-0.15, -0.1) is 0 Å². The van der Waals surface area contributed by atoms with Crippen molar-refractivity contribution in [2.75, 3.05) is 7.11 Å². The van der Waals surface area contributed by atoms with Gasteiger partial charge in [-0.3, -0.25) is 0 Å². The van der Waals surface area contributed by atoms with Crippen LogP contribution in [0.1, 0.15) is 17.2 Å². The van der Waals surface area contributed by atoms with E-state index in [9.17, 15) is 13.9 Å². The summed E-state index contributed by atoms with van der Waals surface area (Å²) in [6.45, 7) is 0. The molecule has 5 heteroatoms. The molecule has 0 aromatic heterocycles. The second-order valence-corrected chi connectivity index (χ2v) is 4.77. The number of methoxy groups -OCH3 is 1. The Bertz CT molecular complexity index is 617. The number of aliphatic hydroxyl groups excluding tert-OH is 1. The van der Waals surface area contributed by atoms with Crippen molar-refractivity contribution < 1.29 is 18.6 Å². The largest absolute Gasteiger partial charge is 0.497 e. The van der Waals surface area contributed by atoms with Crippen LogP contribution in [0.15, 0.2) is 36.4 Å². The maximum atomic E-state index is 13.2. The van der Waals surface area contributed by atoms with Crippen molar-refractivity contribution in [3.63, 3.8) is 0 Å². The molecule has 0 radical (unpaired) electrons. The van der Waals surface area contributed by atoms with Crippen LogP contribution in [-0.4, -0.2) is 12.2 Å². The number of benzene rings is 2. The normalized spacial score (nSPS) is 12.2. The quantitative estimate of drug-likeness (QED) is 0.867. The van der Waals surface area contributed by atoms with Crippen molar-refractivity contribution in [1.29, 1.82) is 0 Å². The molecule has 0 amide bonds. The number of halogens is 3. The van der Waals surface area contributed by atoms with E-state index in [0.717, 1.165) is 17.7 Å². The molecular weight excluding hydrogens is 286 g/mol. The van der Waals surface area contributed by atoms with Crippen molar-refractivity contribution >= 4 is 11.6 Å². The first kappa shape index (κ1) is 14.8. The fraction of sp³-hybridized carbons (Fsp3) is 0.200. The smallest absolute Gasteiger partial charge is 0.160 e. The maximum Gasteiger partial charge on any atom is 0.160 e. The third kappa shape index (κ3) is 3.26. The van der Waals surface area contributed by atoms with Gasteiger partial charge in [-0.2, -0.15) is 0 Å². The molecule has 0 aliphatic rings. The topological polar surface area (TPSA) is 29.5 Å². The highest BCUT2D eigenvalue weighted by Gasteiger charge is 2.16. The molecule has 0 fully saturated rings. The molecule has 2 rings (SSSR count). The Morgan fingerprint density at radius 3 is 2.60 bits per heavy atom. The van der Waals surface area contributed by atoms with Crippen LogP contribution in [0.25, 0.3) is 0 Å². The van der Waals surface area contributed by atoms with Crippen molar-refractivity contribution in [1.82, 2.24) is 0 Å². The zero-order valence-corrected chi connectivity index (χ0v) is 11.5. The maximum absolute atomic E-state index is 13.2. The average molecular weight is 299 g/mol. The van der Waals surface area contributed by atoms with Crippen LogP contribution < -0.4 is 4.74 Å². The lowest BCUT2D eigenvalue weighted by atomic mass is 10.0. The SMILES string of the molecule is COc1cccc(CC(O)c2cc(F)c(F)cc2Cl)c1. The van der Waals surface area contributed by atoms with E-state index in [2.05, 4.69) is 0 Å². The lowest BCUT2D eigenvalue weighted by Crippen LogP contribution is -2.04. The first-order chi connectivity index (χ1) is 9.51. The molecular formula is C15H13ClF2O2. The first-order valence-electron chi connectivity index (χ1n) is 5.96. The number of hydrogen-bond acceptors (Lipinski definition) is 2. The summed E-state index contributed by atoms with van der Waals surface area (Å²) < 4.78 is 31.3. The third-order valence-corrected chi connectivity index (χ3v) is 3.29. The van der Waals surface area contributed by atoms with Crippen molar-refractivity contribution in [3.05, 3.63) is 64.2 Å². The summed E-state index contributed by atoms with van der Waals surface area (Å²) in [5.74, 6) is -1.41. The molecule has 0 spiro atoms. The zero-order valence-electron chi connectivity index (χ0n) is 10.7. The van der Waals surface area contributed by atoms with E-state index in [-0.39, 0.29) is 17.0 Å². The fourth-order valence-electron chi connectivity index (χ4n) is 1.93. The standard InChI is InChI=1S/C15H13ClF2O2/c1-20-10-4-2-3-9(5-10)6-15(19)11-7-13(17)14(18)8-12(11)16/h2-5,7-8,15,19H,6H2,1H3. The van der Waals surface area contributed by atoms with Crippen LogP contribution in [0.5, 0.6) is 5.75 Å². The van der Waals surface area contributed by atoms with Crippen LogP contribution in [0.3, 0.4) is 0 Å². The predicted molar refractivity (Wildman–Crippen MR) is 73.0 cm³/mol. The first-order valence-corrected chi connectivity index (χ1v) is 6.34. The Labute approximate surface area is 120 Å². The molecule has 2 aromatic carbocycles. The van der Waals surface area contributed by atoms with Crippen LogP contribution in [-0.2, 0) is 6.42 Å². The fourth-order valence-corrected chi connectivity index (χ4v) is 2.20. The van der Waals surface area contributed by atoms with Crippen LogP contribution >= 0.6 is 11.6 Å². The number of rotatable bonds is 4. The average Bonchev–Trinajstić information content (AvgIpc) is 2.43. The predicted octanol–water partition coefficient (Wildman–Crippen LogP) is 3.90. The molecule has 1 unspecified atom stereocenters. The van der Waals surface area contributed by atoms with E-state index in [0.29, 0.717) is 5.75 Å². The second-order valence-electron chi connectivity index (χ2n) is 4.36. The summed E-state index contributed by atoms with van der Waals surface area (Å²) in [6.07, 6.45) is -0.799. The molecule has 0 aliphatic heterocycles. The van der Waals surface area contributed by atoms with Gasteiger partial charge in [-0.25, -0.2) is 8.78 Å². The van der Waals surface area contributed by atoms with Crippen molar-refractivity contribution in [3.8, 4) is 5.75 Å². The second kappa shape index (κ2) is 6.20. The number of aliphatic hydroxyl groups is 1. The minimum atomic E-state index is -1.03. The molecule has 1 N–H and O–H groups in total. The van der Waals surface area contributed by atoms with E-state index < -0.39 is 17.7 Å². The molecule has 0 bridgehead atoms. The Hall–Kier alpha value is -1.65. The minimum Gasteiger partial charge on any atom is -0.497 e. The molecule has 20 heavy (non-hydrogen) atoms. The van der Waals surface area contributed by atoms with Gasteiger partial charge in [-0.1, -0.05) is 23.7 Å². The minimum absolute atomic E-state index is 0.000652. The van der Waals surface area contributed by atoms with Crippen LogP contribution in [0.2, 0.25) is 5.02 Å². The summed E-state index contributed by atoms with van der Waals surface area (Å²) >= 11 is 5.83. The summed E-state index contributed by atoms with van der Waals surface area (Å²) in [5, 5.41) is 10.1. The molecule has 0 aliphatic carbocycles. The lowest BCUT2D eigenvalue weighted by Gasteiger charge is -2.14. The monoisotopic (exact) mass is 298 g/mol. The van der Waals surface area contributed by atoms with Gasteiger partial charge in [-0.05, 0) is 29.8 Å². The van der Waals surface area contributed by atoms with Gasteiger partial charge in [0.25, 0.3) is 0 Å². The molecule has 2 nitrogen and oxygen atoms in total. The van der Waals surface area contributed by atoms with Crippen LogP contribution in [0, 0.1) is 11.6 Å². The van der Waals surface area contributed by atoms with Gasteiger partial charge >= 0.3 is 0 Å². The third-order valence-electron chi connectivity index (χ3n) is 2.96. The molecule has 0 saturated carbocycles. The zero-order chi connectivity index (χ0) is 14.7. The Balaban J connectivity index is 2.23. The van der Waals surface area contributed by atoms with Crippen molar-refractivity contribution in [2.24, 2.45) is 0 Å². The summed E-state index contributed by atoms with van der Waals surface area (Å²) in [6, 6.07) is 8.91. The van der Waals surface area contributed by atoms with E-state index >= 15 is 0 Å². The van der Waals surface area contributed by atoms with E-state index in [4.69, 9.17) is 16.3 Å². The lowest BCUT2D eigenvalue weighted by molar-refractivity contribution is 0.178. The Morgan fingerprint density at radius 1 is 1.20 bits per heavy atom. The van der Waals surface area contributed by atoms with Gasteiger partial charge in [0.2, 0.25) is 0 Å². The summed E-state index contributed by atoms with van der Waals surface area (Å²) in [5.41, 5.74) is 0.964.